The summed E-state index contributed by atoms with van der Waals surface area (Å²) in [5.41, 5.74) is 1.23. The molecular weight excluding hydrogens is 240 g/mol. The Morgan fingerprint density at radius 1 is 1.44 bits per heavy atom. The minimum atomic E-state index is 0.394. The summed E-state index contributed by atoms with van der Waals surface area (Å²) in [5, 5.41) is 7.07. The molecule has 1 fully saturated rings. The van der Waals surface area contributed by atoms with Crippen molar-refractivity contribution in [3.63, 3.8) is 0 Å². The summed E-state index contributed by atoms with van der Waals surface area (Å²) >= 11 is 1.87. The van der Waals surface area contributed by atoms with Gasteiger partial charge >= 0.3 is 0 Å². The maximum atomic E-state index is 4.88. The van der Waals surface area contributed by atoms with Crippen molar-refractivity contribution in [1.82, 2.24) is 10.3 Å². The van der Waals surface area contributed by atoms with Crippen LogP contribution in [-0.2, 0) is 0 Å². The summed E-state index contributed by atoms with van der Waals surface area (Å²) in [4.78, 5) is 4.88. The summed E-state index contributed by atoms with van der Waals surface area (Å²) in [5.74, 6) is 1.67. The molecule has 0 aliphatic heterocycles. The minimum Gasteiger partial charge on any atom is -0.309 e. The van der Waals surface area contributed by atoms with E-state index in [0.717, 1.165) is 18.4 Å². The Morgan fingerprint density at radius 3 is 3.00 bits per heavy atom. The first-order valence-corrected chi connectivity index (χ1v) is 8.31. The van der Waals surface area contributed by atoms with Gasteiger partial charge in [-0.05, 0) is 32.2 Å². The number of hydrogen-bond acceptors (Lipinski definition) is 3. The molecule has 0 amide bonds. The lowest BCUT2D eigenvalue weighted by Crippen LogP contribution is -2.18. The van der Waals surface area contributed by atoms with Crippen LogP contribution in [0.4, 0.5) is 0 Å². The molecular formula is C15H26N2S. The van der Waals surface area contributed by atoms with Crippen LogP contribution < -0.4 is 5.32 Å². The van der Waals surface area contributed by atoms with Crippen molar-refractivity contribution in [2.24, 2.45) is 5.92 Å². The predicted molar refractivity (Wildman–Crippen MR) is 79.2 cm³/mol. The van der Waals surface area contributed by atoms with E-state index in [0.29, 0.717) is 6.04 Å². The van der Waals surface area contributed by atoms with Gasteiger partial charge in [-0.25, -0.2) is 4.98 Å². The maximum absolute atomic E-state index is 4.88. The molecule has 0 saturated heterocycles. The molecule has 1 aromatic heterocycles. The lowest BCUT2D eigenvalue weighted by molar-refractivity contribution is 0.313. The van der Waals surface area contributed by atoms with Crippen molar-refractivity contribution in [3.8, 4) is 0 Å². The van der Waals surface area contributed by atoms with Crippen LogP contribution in [0.5, 0.6) is 0 Å². The molecule has 0 bridgehead atoms. The van der Waals surface area contributed by atoms with Gasteiger partial charge in [0.2, 0.25) is 0 Å². The first kappa shape index (κ1) is 14.0. The number of rotatable bonds is 5. The van der Waals surface area contributed by atoms with E-state index >= 15 is 0 Å². The van der Waals surface area contributed by atoms with Crippen LogP contribution in [0.2, 0.25) is 0 Å². The molecule has 3 unspecified atom stereocenters. The molecule has 3 heteroatoms. The van der Waals surface area contributed by atoms with Crippen LogP contribution >= 0.6 is 11.3 Å². The van der Waals surface area contributed by atoms with E-state index in [1.54, 1.807) is 0 Å². The molecule has 1 saturated carbocycles. The topological polar surface area (TPSA) is 24.9 Å². The van der Waals surface area contributed by atoms with Gasteiger partial charge in [-0.15, -0.1) is 11.3 Å². The molecule has 1 N–H and O–H groups in total. The fourth-order valence-corrected chi connectivity index (χ4v) is 4.05. The number of aromatic nitrogens is 1. The summed E-state index contributed by atoms with van der Waals surface area (Å²) in [6.45, 7) is 7.69. The number of nitrogens with one attached hydrogen (secondary N) is 1. The van der Waals surface area contributed by atoms with Gasteiger partial charge < -0.3 is 5.32 Å². The zero-order chi connectivity index (χ0) is 13.0. The Balaban J connectivity index is 2.00. The highest BCUT2D eigenvalue weighted by molar-refractivity contribution is 7.09. The number of hydrogen-bond donors (Lipinski definition) is 1. The van der Waals surface area contributed by atoms with Crippen LogP contribution in [0.25, 0.3) is 0 Å². The number of thiazole rings is 1. The molecule has 1 heterocycles. The Morgan fingerprint density at radius 2 is 2.28 bits per heavy atom. The zero-order valence-electron chi connectivity index (χ0n) is 11.9. The highest BCUT2D eigenvalue weighted by Crippen LogP contribution is 2.38. The van der Waals surface area contributed by atoms with Gasteiger partial charge in [0, 0.05) is 17.3 Å². The first-order chi connectivity index (χ1) is 8.74. The average Bonchev–Trinajstić information content (AvgIpc) is 2.89. The normalized spacial score (nSPS) is 26.2. The first-order valence-electron chi connectivity index (χ1n) is 7.43. The molecule has 1 aliphatic rings. The Kier molecular flexibility index (Phi) is 5.19. The maximum Gasteiger partial charge on any atom is 0.0960 e. The zero-order valence-corrected chi connectivity index (χ0v) is 12.7. The van der Waals surface area contributed by atoms with Crippen LogP contribution in [0, 0.1) is 5.92 Å². The second-order valence-corrected chi connectivity index (χ2v) is 6.42. The average molecular weight is 266 g/mol. The van der Waals surface area contributed by atoms with Crippen molar-refractivity contribution < 1.29 is 0 Å². The number of nitrogens with zero attached hydrogens (tertiary/aromatic N) is 1. The van der Waals surface area contributed by atoms with E-state index in [-0.39, 0.29) is 0 Å². The second-order valence-electron chi connectivity index (χ2n) is 5.53. The quantitative estimate of drug-likeness (QED) is 0.849. The van der Waals surface area contributed by atoms with Crippen LogP contribution in [0.1, 0.15) is 75.5 Å². The summed E-state index contributed by atoms with van der Waals surface area (Å²) in [6.07, 6.45) is 6.86. The highest BCUT2D eigenvalue weighted by atomic mass is 32.1. The third-order valence-electron chi connectivity index (χ3n) is 4.20. The third kappa shape index (κ3) is 3.33. The van der Waals surface area contributed by atoms with Crippen molar-refractivity contribution in [3.05, 3.63) is 16.1 Å². The van der Waals surface area contributed by atoms with E-state index in [1.165, 1.54) is 42.8 Å². The highest BCUT2D eigenvalue weighted by Gasteiger charge is 2.24. The molecule has 2 nitrogen and oxygen atoms in total. The van der Waals surface area contributed by atoms with Crippen molar-refractivity contribution in [2.75, 3.05) is 6.54 Å². The van der Waals surface area contributed by atoms with Gasteiger partial charge in [0.25, 0.3) is 0 Å². The van der Waals surface area contributed by atoms with Gasteiger partial charge in [-0.3, -0.25) is 0 Å². The summed E-state index contributed by atoms with van der Waals surface area (Å²) in [7, 11) is 0. The molecule has 0 aromatic carbocycles. The van der Waals surface area contributed by atoms with E-state index in [1.807, 2.05) is 11.3 Å². The lowest BCUT2D eigenvalue weighted by atomic mass is 9.80. The van der Waals surface area contributed by atoms with Gasteiger partial charge in [0.1, 0.15) is 0 Å². The van der Waals surface area contributed by atoms with E-state index in [4.69, 9.17) is 4.98 Å². The van der Waals surface area contributed by atoms with E-state index < -0.39 is 0 Å². The van der Waals surface area contributed by atoms with E-state index in [9.17, 15) is 0 Å². The molecule has 0 spiro atoms. The van der Waals surface area contributed by atoms with Crippen molar-refractivity contribution in [1.29, 1.82) is 0 Å². The van der Waals surface area contributed by atoms with Crippen LogP contribution in [0.15, 0.2) is 5.38 Å². The van der Waals surface area contributed by atoms with Crippen LogP contribution in [0.3, 0.4) is 0 Å². The van der Waals surface area contributed by atoms with Gasteiger partial charge in [0.15, 0.2) is 0 Å². The molecule has 0 radical (unpaired) electrons. The Bertz CT molecular complexity index is 361. The second kappa shape index (κ2) is 6.67. The molecule has 2 rings (SSSR count). The molecule has 18 heavy (non-hydrogen) atoms. The summed E-state index contributed by atoms with van der Waals surface area (Å²) in [6, 6.07) is 0.394. The molecule has 3 atom stereocenters. The standard InChI is InChI=1S/C15H26N2S/c1-4-12-7-6-8-13(9-12)15-17-14(10-18-15)11(3)16-5-2/h10-13,16H,4-9H2,1-3H3. The monoisotopic (exact) mass is 266 g/mol. The smallest absolute Gasteiger partial charge is 0.0960 e. The van der Waals surface area contributed by atoms with Gasteiger partial charge in [-0.1, -0.05) is 33.1 Å². The van der Waals surface area contributed by atoms with E-state index in [2.05, 4.69) is 31.5 Å². The van der Waals surface area contributed by atoms with Crippen LogP contribution in [-0.4, -0.2) is 11.5 Å². The summed E-state index contributed by atoms with van der Waals surface area (Å²) < 4.78 is 0. The lowest BCUT2D eigenvalue weighted by Gasteiger charge is -2.27. The minimum absolute atomic E-state index is 0.394. The van der Waals surface area contributed by atoms with Crippen molar-refractivity contribution >= 4 is 11.3 Å². The fourth-order valence-electron chi connectivity index (χ4n) is 2.98. The molecule has 1 aliphatic carbocycles. The fraction of sp³-hybridized carbons (Fsp3) is 0.800. The third-order valence-corrected chi connectivity index (χ3v) is 5.23. The van der Waals surface area contributed by atoms with Crippen molar-refractivity contribution in [2.45, 2.75) is 64.8 Å². The van der Waals surface area contributed by atoms with Gasteiger partial charge in [0.05, 0.1) is 10.7 Å². The predicted octanol–water partition coefficient (Wildman–Crippen LogP) is 4.50. The Hall–Kier alpha value is -0.410. The SMILES string of the molecule is CCNC(C)c1csc(C2CCCC(CC)C2)n1. The molecule has 1 aromatic rings. The molecule has 102 valence electrons. The van der Waals surface area contributed by atoms with Gasteiger partial charge in [-0.2, -0.15) is 0 Å². The Labute approximate surface area is 115 Å². The largest absolute Gasteiger partial charge is 0.309 e.